The quantitative estimate of drug-likeness (QED) is 0.363. The van der Waals surface area contributed by atoms with Gasteiger partial charge in [0.25, 0.3) is 5.69 Å². The molecule has 0 atom stereocenters. The van der Waals surface area contributed by atoms with Crippen molar-refractivity contribution in [2.45, 2.75) is 20.8 Å². The van der Waals surface area contributed by atoms with E-state index >= 15 is 0 Å². The highest BCUT2D eigenvalue weighted by Crippen LogP contribution is 2.24. The lowest BCUT2D eigenvalue weighted by atomic mass is 9.97. The van der Waals surface area contributed by atoms with Crippen LogP contribution in [0.15, 0.2) is 48.5 Å². The summed E-state index contributed by atoms with van der Waals surface area (Å²) in [5.74, 6) is -0.628. The Bertz CT molecular complexity index is 805. The van der Waals surface area contributed by atoms with Crippen molar-refractivity contribution in [2.75, 3.05) is 0 Å². The Hall–Kier alpha value is -3.22. The molecule has 0 aliphatic heterocycles. The first-order chi connectivity index (χ1) is 11.7. The Morgan fingerprint density at radius 1 is 0.960 bits per heavy atom. The third kappa shape index (κ3) is 4.87. The molecule has 0 radical (unpaired) electrons. The van der Waals surface area contributed by atoms with Gasteiger partial charge in [-0.25, -0.2) is 4.79 Å². The fourth-order valence-corrected chi connectivity index (χ4v) is 1.75. The summed E-state index contributed by atoms with van der Waals surface area (Å²) in [5.41, 5.74) is -0.610. The van der Waals surface area contributed by atoms with E-state index in [1.54, 1.807) is 32.9 Å². The van der Waals surface area contributed by atoms with Crippen LogP contribution < -0.4 is 9.47 Å². The minimum absolute atomic E-state index is 0.118. The predicted molar refractivity (Wildman–Crippen MR) is 89.6 cm³/mol. The maximum Gasteiger partial charge on any atom is 0.343 e. The molecule has 0 aliphatic carbocycles. The summed E-state index contributed by atoms with van der Waals surface area (Å²) in [6.07, 6.45) is 0. The second-order valence-corrected chi connectivity index (χ2v) is 6.31. The van der Waals surface area contributed by atoms with Crippen LogP contribution in [-0.4, -0.2) is 16.9 Å². The molecule has 0 saturated carbocycles. The molecule has 0 aliphatic rings. The summed E-state index contributed by atoms with van der Waals surface area (Å²) in [6, 6.07) is 11.2. The number of non-ortho nitro benzene ring substituents is 1. The zero-order valence-electron chi connectivity index (χ0n) is 14.0. The number of nitro benzene ring substituents is 1. The molecule has 2 rings (SSSR count). The van der Waals surface area contributed by atoms with Gasteiger partial charge in [0, 0.05) is 18.2 Å². The molecule has 25 heavy (non-hydrogen) atoms. The Labute approximate surface area is 144 Å². The van der Waals surface area contributed by atoms with Gasteiger partial charge in [-0.2, -0.15) is 0 Å². The zero-order valence-corrected chi connectivity index (χ0v) is 14.0. The lowest BCUT2D eigenvalue weighted by Crippen LogP contribution is -2.25. The van der Waals surface area contributed by atoms with E-state index in [9.17, 15) is 19.7 Å². The first-order valence-corrected chi connectivity index (χ1v) is 7.46. The number of esters is 2. The molecule has 0 unspecified atom stereocenters. The Kier molecular flexibility index (Phi) is 5.17. The molecule has 0 fully saturated rings. The van der Waals surface area contributed by atoms with Crippen molar-refractivity contribution in [1.82, 2.24) is 0 Å². The van der Waals surface area contributed by atoms with Gasteiger partial charge in [0.05, 0.1) is 15.9 Å². The maximum absolute atomic E-state index is 12.1. The van der Waals surface area contributed by atoms with E-state index in [1.807, 2.05) is 0 Å². The van der Waals surface area contributed by atoms with Gasteiger partial charge >= 0.3 is 11.9 Å². The van der Waals surface area contributed by atoms with Crippen LogP contribution in [0.5, 0.6) is 11.5 Å². The summed E-state index contributed by atoms with van der Waals surface area (Å²) in [6.45, 7) is 5.19. The Morgan fingerprint density at radius 2 is 1.52 bits per heavy atom. The van der Waals surface area contributed by atoms with Crippen molar-refractivity contribution in [1.29, 1.82) is 0 Å². The molecule has 0 spiro atoms. The SMILES string of the molecule is CC(C)(C)C(=O)Oc1cccc(OC(=O)c2ccc([N+](=O)[O-])cc2)c1. The first kappa shape index (κ1) is 18.1. The fourth-order valence-electron chi connectivity index (χ4n) is 1.75. The lowest BCUT2D eigenvalue weighted by Gasteiger charge is -2.16. The van der Waals surface area contributed by atoms with Crippen molar-refractivity contribution in [3.05, 3.63) is 64.2 Å². The number of benzene rings is 2. The third-order valence-corrected chi connectivity index (χ3v) is 3.15. The van der Waals surface area contributed by atoms with Gasteiger partial charge < -0.3 is 9.47 Å². The molecule has 2 aromatic rings. The monoisotopic (exact) mass is 343 g/mol. The normalized spacial score (nSPS) is 10.8. The summed E-state index contributed by atoms with van der Waals surface area (Å²) < 4.78 is 10.5. The van der Waals surface area contributed by atoms with Crippen molar-refractivity contribution < 1.29 is 24.0 Å². The average molecular weight is 343 g/mol. The molecular weight excluding hydrogens is 326 g/mol. The van der Waals surface area contributed by atoms with Crippen molar-refractivity contribution in [3.63, 3.8) is 0 Å². The van der Waals surface area contributed by atoms with Gasteiger partial charge in [-0.3, -0.25) is 14.9 Å². The molecule has 0 bridgehead atoms. The number of nitro groups is 1. The number of ether oxygens (including phenoxy) is 2. The van der Waals surface area contributed by atoms with Gasteiger partial charge in [-0.15, -0.1) is 0 Å². The number of nitrogens with zero attached hydrogens (tertiary/aromatic N) is 1. The van der Waals surface area contributed by atoms with Crippen molar-refractivity contribution in [3.8, 4) is 11.5 Å². The molecule has 130 valence electrons. The van der Waals surface area contributed by atoms with Crippen LogP contribution in [0.3, 0.4) is 0 Å². The molecule has 7 heteroatoms. The van der Waals surface area contributed by atoms with E-state index in [0.29, 0.717) is 0 Å². The molecule has 0 amide bonds. The fraction of sp³-hybridized carbons (Fsp3) is 0.222. The Morgan fingerprint density at radius 3 is 2.04 bits per heavy atom. The van der Waals surface area contributed by atoms with E-state index in [-0.39, 0.29) is 22.7 Å². The second kappa shape index (κ2) is 7.12. The maximum atomic E-state index is 12.1. The van der Waals surface area contributed by atoms with Gasteiger partial charge in [-0.1, -0.05) is 6.07 Å². The van der Waals surface area contributed by atoms with Gasteiger partial charge in [-0.05, 0) is 45.0 Å². The van der Waals surface area contributed by atoms with Crippen LogP contribution in [0.4, 0.5) is 5.69 Å². The van der Waals surface area contributed by atoms with Crippen LogP contribution in [0, 0.1) is 15.5 Å². The molecule has 0 aromatic heterocycles. The van der Waals surface area contributed by atoms with E-state index in [4.69, 9.17) is 9.47 Å². The summed E-state index contributed by atoms with van der Waals surface area (Å²) >= 11 is 0. The molecule has 0 heterocycles. The lowest BCUT2D eigenvalue weighted by molar-refractivity contribution is -0.384. The third-order valence-electron chi connectivity index (χ3n) is 3.15. The largest absolute Gasteiger partial charge is 0.426 e. The van der Waals surface area contributed by atoms with Crippen LogP contribution in [0.1, 0.15) is 31.1 Å². The predicted octanol–water partition coefficient (Wildman–Crippen LogP) is 3.77. The zero-order chi connectivity index (χ0) is 18.6. The molecule has 0 N–H and O–H groups in total. The highest BCUT2D eigenvalue weighted by atomic mass is 16.6. The van der Waals surface area contributed by atoms with Crippen LogP contribution >= 0.6 is 0 Å². The first-order valence-electron chi connectivity index (χ1n) is 7.46. The van der Waals surface area contributed by atoms with E-state index < -0.39 is 22.3 Å². The van der Waals surface area contributed by atoms with E-state index in [1.165, 1.54) is 36.4 Å². The van der Waals surface area contributed by atoms with Gasteiger partial charge in [0.15, 0.2) is 0 Å². The van der Waals surface area contributed by atoms with Crippen LogP contribution in [0.25, 0.3) is 0 Å². The number of carbonyl (C=O) groups is 2. The van der Waals surface area contributed by atoms with Crippen molar-refractivity contribution >= 4 is 17.6 Å². The summed E-state index contributed by atoms with van der Waals surface area (Å²) in [7, 11) is 0. The number of hydrogen-bond donors (Lipinski definition) is 0. The number of carbonyl (C=O) groups excluding carboxylic acids is 2. The summed E-state index contributed by atoms with van der Waals surface area (Å²) in [5, 5.41) is 10.6. The summed E-state index contributed by atoms with van der Waals surface area (Å²) in [4.78, 5) is 34.0. The van der Waals surface area contributed by atoms with Crippen LogP contribution in [-0.2, 0) is 4.79 Å². The molecular formula is C18H17NO6. The Balaban J connectivity index is 2.09. The van der Waals surface area contributed by atoms with Crippen LogP contribution in [0.2, 0.25) is 0 Å². The molecule has 7 nitrogen and oxygen atoms in total. The van der Waals surface area contributed by atoms with E-state index in [0.717, 1.165) is 0 Å². The highest BCUT2D eigenvalue weighted by Gasteiger charge is 2.24. The molecule has 0 saturated heterocycles. The average Bonchev–Trinajstić information content (AvgIpc) is 2.54. The van der Waals surface area contributed by atoms with Crippen molar-refractivity contribution in [2.24, 2.45) is 5.41 Å². The standard InChI is InChI=1S/C18H17NO6/c1-18(2,3)17(21)25-15-6-4-5-14(11-15)24-16(20)12-7-9-13(10-8-12)19(22)23/h4-11H,1-3H3. The number of hydrogen-bond acceptors (Lipinski definition) is 6. The van der Waals surface area contributed by atoms with Gasteiger partial charge in [0.2, 0.25) is 0 Å². The number of rotatable bonds is 4. The minimum Gasteiger partial charge on any atom is -0.426 e. The molecule has 2 aromatic carbocycles. The smallest absolute Gasteiger partial charge is 0.343 e. The van der Waals surface area contributed by atoms with Gasteiger partial charge in [0.1, 0.15) is 11.5 Å². The highest BCUT2D eigenvalue weighted by molar-refractivity contribution is 5.91. The minimum atomic E-state index is -0.672. The van der Waals surface area contributed by atoms with E-state index in [2.05, 4.69) is 0 Å². The second-order valence-electron chi connectivity index (χ2n) is 6.31. The topological polar surface area (TPSA) is 95.7 Å².